The van der Waals surface area contributed by atoms with E-state index in [1.54, 1.807) is 11.0 Å². The molecule has 5 heteroatoms. The van der Waals surface area contributed by atoms with Gasteiger partial charge in [0.05, 0.1) is 0 Å². The maximum Gasteiger partial charge on any atom is 0.254 e. The predicted molar refractivity (Wildman–Crippen MR) is 83.1 cm³/mol. The predicted octanol–water partition coefficient (Wildman–Crippen LogP) is 2.51. The van der Waals surface area contributed by atoms with Crippen molar-refractivity contribution in [2.75, 3.05) is 19.6 Å². The molecular formula is C17H23FN2O2. The Bertz CT molecular complexity index is 560. The fourth-order valence-corrected chi connectivity index (χ4v) is 2.88. The number of hydrogen-bond acceptors (Lipinski definition) is 2. The van der Waals surface area contributed by atoms with Gasteiger partial charge in [-0.3, -0.25) is 9.59 Å². The lowest BCUT2D eigenvalue weighted by atomic mass is 10.00. The van der Waals surface area contributed by atoms with E-state index < -0.39 is 5.82 Å². The average Bonchev–Trinajstić information content (AvgIpc) is 2.75. The lowest BCUT2D eigenvalue weighted by Gasteiger charge is -2.21. The van der Waals surface area contributed by atoms with E-state index in [1.165, 1.54) is 12.1 Å². The first kappa shape index (κ1) is 16.5. The van der Waals surface area contributed by atoms with Crippen LogP contribution < -0.4 is 5.32 Å². The highest BCUT2D eigenvalue weighted by Crippen LogP contribution is 2.20. The van der Waals surface area contributed by atoms with E-state index in [0.717, 1.165) is 18.4 Å². The molecule has 2 amide bonds. The van der Waals surface area contributed by atoms with Crippen LogP contribution in [0.1, 0.15) is 42.1 Å². The molecule has 22 heavy (non-hydrogen) atoms. The molecule has 0 aromatic heterocycles. The van der Waals surface area contributed by atoms with Crippen LogP contribution in [0.5, 0.6) is 0 Å². The highest BCUT2D eigenvalue weighted by Gasteiger charge is 2.26. The largest absolute Gasteiger partial charge is 0.356 e. The van der Waals surface area contributed by atoms with Crippen molar-refractivity contribution in [2.24, 2.45) is 5.92 Å². The second-order valence-corrected chi connectivity index (χ2v) is 5.77. The number of carbonyl (C=O) groups is 2. The van der Waals surface area contributed by atoms with Gasteiger partial charge < -0.3 is 10.2 Å². The minimum absolute atomic E-state index is 0.0358. The van der Waals surface area contributed by atoms with Crippen LogP contribution in [0.2, 0.25) is 0 Å². The number of likely N-dealkylation sites (tertiary alicyclic amines) is 1. The smallest absolute Gasteiger partial charge is 0.254 e. The summed E-state index contributed by atoms with van der Waals surface area (Å²) < 4.78 is 13.4. The molecule has 0 saturated carbocycles. The van der Waals surface area contributed by atoms with Gasteiger partial charge in [0.25, 0.3) is 5.91 Å². The molecule has 1 aliphatic rings. The van der Waals surface area contributed by atoms with Crippen LogP contribution in [-0.4, -0.2) is 36.3 Å². The fraction of sp³-hybridized carbons (Fsp3) is 0.529. The summed E-state index contributed by atoms with van der Waals surface area (Å²) in [7, 11) is 0. The van der Waals surface area contributed by atoms with Crippen LogP contribution in [0.25, 0.3) is 0 Å². The van der Waals surface area contributed by atoms with Crippen LogP contribution >= 0.6 is 0 Å². The van der Waals surface area contributed by atoms with E-state index in [0.29, 0.717) is 31.6 Å². The monoisotopic (exact) mass is 306 g/mol. The number of nitrogens with one attached hydrogen (secondary N) is 1. The molecule has 0 spiro atoms. The summed E-state index contributed by atoms with van der Waals surface area (Å²) in [5.41, 5.74) is 1.19. The molecule has 1 unspecified atom stereocenters. The number of nitrogens with zero attached hydrogens (tertiary/aromatic N) is 1. The summed E-state index contributed by atoms with van der Waals surface area (Å²) in [6.45, 7) is 5.49. The van der Waals surface area contributed by atoms with Gasteiger partial charge in [0, 0.05) is 31.1 Å². The van der Waals surface area contributed by atoms with Gasteiger partial charge in [0.1, 0.15) is 5.82 Å². The van der Waals surface area contributed by atoms with Crippen molar-refractivity contribution in [2.45, 2.75) is 33.1 Å². The number of hydrogen-bond donors (Lipinski definition) is 1. The minimum atomic E-state index is -0.399. The first-order chi connectivity index (χ1) is 10.5. The molecule has 1 heterocycles. The summed E-state index contributed by atoms with van der Waals surface area (Å²) in [6.07, 6.45) is 2.24. The van der Waals surface area contributed by atoms with Gasteiger partial charge in [-0.1, -0.05) is 6.07 Å². The number of benzene rings is 1. The summed E-state index contributed by atoms with van der Waals surface area (Å²) in [5.74, 6) is -0.511. The molecular weight excluding hydrogens is 283 g/mol. The van der Waals surface area contributed by atoms with E-state index in [4.69, 9.17) is 0 Å². The molecule has 1 atom stereocenters. The van der Waals surface area contributed by atoms with Gasteiger partial charge in [-0.25, -0.2) is 4.39 Å². The number of amides is 2. The second-order valence-electron chi connectivity index (χ2n) is 5.77. The van der Waals surface area contributed by atoms with Crippen molar-refractivity contribution in [3.8, 4) is 0 Å². The van der Waals surface area contributed by atoms with Gasteiger partial charge in [-0.2, -0.15) is 0 Å². The van der Waals surface area contributed by atoms with Crippen LogP contribution in [0.3, 0.4) is 0 Å². The lowest BCUT2D eigenvalue weighted by Crippen LogP contribution is -2.34. The Hall–Kier alpha value is -1.91. The third kappa shape index (κ3) is 3.84. The normalized spacial score (nSPS) is 18.7. The van der Waals surface area contributed by atoms with E-state index in [-0.39, 0.29) is 17.7 Å². The first-order valence-electron chi connectivity index (χ1n) is 7.86. The fourth-order valence-electron chi connectivity index (χ4n) is 2.88. The van der Waals surface area contributed by atoms with Crippen LogP contribution in [-0.2, 0) is 4.79 Å². The summed E-state index contributed by atoms with van der Waals surface area (Å²) >= 11 is 0. The molecule has 0 aliphatic carbocycles. The van der Waals surface area contributed by atoms with Crippen LogP contribution in [0.15, 0.2) is 18.2 Å². The van der Waals surface area contributed by atoms with Crippen molar-refractivity contribution in [1.29, 1.82) is 0 Å². The van der Waals surface area contributed by atoms with Gasteiger partial charge in [-0.15, -0.1) is 0 Å². The molecule has 1 aliphatic heterocycles. The number of rotatable bonds is 3. The van der Waals surface area contributed by atoms with E-state index in [2.05, 4.69) is 5.32 Å². The van der Waals surface area contributed by atoms with Crippen LogP contribution in [0, 0.1) is 18.7 Å². The van der Waals surface area contributed by atoms with Gasteiger partial charge in [0.2, 0.25) is 5.91 Å². The van der Waals surface area contributed by atoms with E-state index in [1.807, 2.05) is 13.8 Å². The first-order valence-corrected chi connectivity index (χ1v) is 7.86. The van der Waals surface area contributed by atoms with Crippen molar-refractivity contribution >= 4 is 11.8 Å². The minimum Gasteiger partial charge on any atom is -0.356 e. The Balaban J connectivity index is 2.06. The second kappa shape index (κ2) is 7.38. The molecule has 1 aromatic carbocycles. The van der Waals surface area contributed by atoms with E-state index >= 15 is 0 Å². The zero-order valence-electron chi connectivity index (χ0n) is 13.2. The Kier molecular flexibility index (Phi) is 5.52. The summed E-state index contributed by atoms with van der Waals surface area (Å²) in [4.78, 5) is 26.3. The summed E-state index contributed by atoms with van der Waals surface area (Å²) in [6, 6.07) is 4.28. The van der Waals surface area contributed by atoms with Gasteiger partial charge in [0.15, 0.2) is 0 Å². The SMILES string of the molecule is CCNC(=O)C1CCCN(C(=O)c2cc(F)ccc2C)CC1. The molecule has 2 rings (SSSR count). The highest BCUT2D eigenvalue weighted by molar-refractivity contribution is 5.95. The molecule has 1 fully saturated rings. The quantitative estimate of drug-likeness (QED) is 0.933. The third-order valence-electron chi connectivity index (χ3n) is 4.17. The van der Waals surface area contributed by atoms with Crippen molar-refractivity contribution < 1.29 is 14.0 Å². The number of halogens is 1. The zero-order chi connectivity index (χ0) is 16.1. The van der Waals surface area contributed by atoms with Gasteiger partial charge >= 0.3 is 0 Å². The molecule has 1 N–H and O–H groups in total. The van der Waals surface area contributed by atoms with Crippen molar-refractivity contribution in [3.63, 3.8) is 0 Å². The molecule has 0 bridgehead atoms. The van der Waals surface area contributed by atoms with Crippen LogP contribution in [0.4, 0.5) is 4.39 Å². The molecule has 120 valence electrons. The summed E-state index contributed by atoms with van der Waals surface area (Å²) in [5, 5.41) is 2.84. The topological polar surface area (TPSA) is 49.4 Å². The maximum atomic E-state index is 13.4. The van der Waals surface area contributed by atoms with Crippen molar-refractivity contribution in [1.82, 2.24) is 10.2 Å². The number of aryl methyl sites for hydroxylation is 1. The van der Waals surface area contributed by atoms with Gasteiger partial charge in [-0.05, 0) is 50.8 Å². The molecule has 0 radical (unpaired) electrons. The number of carbonyl (C=O) groups excluding carboxylic acids is 2. The lowest BCUT2D eigenvalue weighted by molar-refractivity contribution is -0.125. The maximum absolute atomic E-state index is 13.4. The highest BCUT2D eigenvalue weighted by atomic mass is 19.1. The Morgan fingerprint density at radius 1 is 1.32 bits per heavy atom. The molecule has 1 saturated heterocycles. The Labute approximate surface area is 130 Å². The molecule has 4 nitrogen and oxygen atoms in total. The third-order valence-corrected chi connectivity index (χ3v) is 4.17. The van der Waals surface area contributed by atoms with Crippen molar-refractivity contribution in [3.05, 3.63) is 35.1 Å². The average molecular weight is 306 g/mol. The Morgan fingerprint density at radius 3 is 2.82 bits per heavy atom. The Morgan fingerprint density at radius 2 is 2.09 bits per heavy atom. The van der Waals surface area contributed by atoms with E-state index in [9.17, 15) is 14.0 Å². The standard InChI is InChI=1S/C17H23FN2O2/c1-3-19-16(21)13-5-4-9-20(10-8-13)17(22)15-11-14(18)7-6-12(15)2/h6-7,11,13H,3-5,8-10H2,1-2H3,(H,19,21). The molecule has 1 aromatic rings. The zero-order valence-corrected chi connectivity index (χ0v) is 13.2.